The van der Waals surface area contributed by atoms with Crippen LogP contribution in [0.1, 0.15) is 356 Å². The number of Topliss-reactive ketones (excluding diaryl/α,β-unsaturated/α-hetero) is 4. The zero-order chi connectivity index (χ0) is 78.0. The van der Waals surface area contributed by atoms with Gasteiger partial charge in [-0.05, 0) is 159 Å². The maximum Gasteiger partial charge on any atom is 0.179 e. The number of fused-ring (bicyclic) bond motifs is 4. The summed E-state index contributed by atoms with van der Waals surface area (Å²) in [6.07, 6.45) is 45.2. The molecule has 594 valence electrons. The molecule has 0 N–H and O–H groups in total. The molecule has 11 aromatic rings. The van der Waals surface area contributed by atoms with Gasteiger partial charge in [-0.15, -0.1) is 90.7 Å². The van der Waals surface area contributed by atoms with Crippen LogP contribution in [0, 0.1) is 11.8 Å². The molecule has 13 rings (SSSR count). The van der Waals surface area contributed by atoms with E-state index in [0.29, 0.717) is 34.1 Å². The van der Waals surface area contributed by atoms with Crippen LogP contribution in [-0.4, -0.2) is 23.1 Å². The molecule has 0 amide bonds. The Kier molecular flexibility index (Phi) is 31.3. The molecule has 12 heteroatoms. The average Bonchev–Trinajstić information content (AvgIpc) is 1.55. The molecule has 0 aliphatic heterocycles. The highest BCUT2D eigenvalue weighted by Gasteiger charge is 2.43. The van der Waals surface area contributed by atoms with Crippen LogP contribution in [0.4, 0.5) is 0 Å². The van der Waals surface area contributed by atoms with E-state index in [2.05, 4.69) is 139 Å². The van der Waals surface area contributed by atoms with Crippen LogP contribution >= 0.6 is 90.7 Å². The summed E-state index contributed by atoms with van der Waals surface area (Å²) in [7, 11) is 0. The normalized spacial score (nSPS) is 13.9. The summed E-state index contributed by atoms with van der Waals surface area (Å²) in [5.74, 6) is -0.492. The van der Waals surface area contributed by atoms with Gasteiger partial charge in [0.05, 0.1) is 0 Å². The van der Waals surface area contributed by atoms with Gasteiger partial charge in [0.2, 0.25) is 0 Å². The SMILES string of the molecule is CCCCCCc1cc(-c2sc(C3C(=O)c4ccccc4C3=O)cc2CCCCCC)sc1-c1cc2c(-c3ccc(CC(CCCC)CCCCCC)s3)c3sc(-c4sc(-c5sc(C6C(=O)c7ccccc7C6=O)cc5CCCCCC)cc4CCCCCC)cc3c(-c3ccc(CC(CCCC)CCCCCC)s3)c2s1. The van der Waals surface area contributed by atoms with Crippen molar-refractivity contribution < 1.29 is 19.2 Å². The van der Waals surface area contributed by atoms with Gasteiger partial charge in [-0.1, -0.05) is 284 Å². The van der Waals surface area contributed by atoms with Crippen molar-refractivity contribution in [2.45, 2.75) is 311 Å². The van der Waals surface area contributed by atoms with E-state index in [-0.39, 0.29) is 23.1 Å². The lowest BCUT2D eigenvalue weighted by Gasteiger charge is -2.16. The van der Waals surface area contributed by atoms with Gasteiger partial charge in [0.25, 0.3) is 0 Å². The highest BCUT2D eigenvalue weighted by atomic mass is 32.1. The number of carbonyl (C=O) groups excluding carboxylic acids is 4. The van der Waals surface area contributed by atoms with Gasteiger partial charge < -0.3 is 0 Å². The number of ketones is 4. The first-order chi connectivity index (χ1) is 54.9. The van der Waals surface area contributed by atoms with E-state index >= 15 is 0 Å². The van der Waals surface area contributed by atoms with Gasteiger partial charge in [-0.3, -0.25) is 19.2 Å². The molecule has 0 spiro atoms. The van der Waals surface area contributed by atoms with Crippen LogP contribution < -0.4 is 0 Å². The third-order valence-corrected chi connectivity index (χ3v) is 34.1. The minimum absolute atomic E-state index is 0.0608. The summed E-state index contributed by atoms with van der Waals surface area (Å²) in [4.78, 5) is 75.6. The van der Waals surface area contributed by atoms with Gasteiger partial charge in [0.1, 0.15) is 11.8 Å². The molecule has 2 atom stereocenters. The number of aryl methyl sites for hydroxylation is 4. The summed E-state index contributed by atoms with van der Waals surface area (Å²) in [6.45, 7) is 18.6. The lowest BCUT2D eigenvalue weighted by Crippen LogP contribution is -2.11. The van der Waals surface area contributed by atoms with E-state index in [1.165, 1.54) is 266 Å². The molecular formula is C100H122O4S8. The van der Waals surface area contributed by atoms with Crippen molar-refractivity contribution in [2.24, 2.45) is 11.8 Å². The molecule has 3 aromatic carbocycles. The lowest BCUT2D eigenvalue weighted by atomic mass is 9.92. The molecule has 0 radical (unpaired) electrons. The smallest absolute Gasteiger partial charge is 0.179 e. The van der Waals surface area contributed by atoms with Crippen molar-refractivity contribution in [1.29, 1.82) is 0 Å². The van der Waals surface area contributed by atoms with Crippen molar-refractivity contribution >= 4 is 134 Å². The summed E-state index contributed by atoms with van der Waals surface area (Å²) in [5, 5.41) is 2.72. The monoisotopic (exact) mass is 1640 g/mol. The highest BCUT2D eigenvalue weighted by Crippen LogP contribution is 2.58. The van der Waals surface area contributed by atoms with Gasteiger partial charge in [0, 0.05) is 122 Å². The topological polar surface area (TPSA) is 68.3 Å². The van der Waals surface area contributed by atoms with Crippen LogP contribution in [0.2, 0.25) is 0 Å². The Labute approximate surface area is 703 Å². The van der Waals surface area contributed by atoms with Crippen LogP contribution in [0.3, 0.4) is 0 Å². The Morgan fingerprint density at radius 2 is 0.571 bits per heavy atom. The molecule has 2 aliphatic rings. The number of rotatable bonds is 48. The van der Waals surface area contributed by atoms with E-state index in [9.17, 15) is 19.2 Å². The molecule has 0 saturated carbocycles. The van der Waals surface area contributed by atoms with E-state index in [1.807, 2.05) is 93.9 Å². The van der Waals surface area contributed by atoms with Crippen molar-refractivity contribution in [1.82, 2.24) is 0 Å². The number of thiophene rings is 8. The Bertz CT molecular complexity index is 4510. The number of unbranched alkanes of at least 4 members (excludes halogenated alkanes) is 20. The highest BCUT2D eigenvalue weighted by molar-refractivity contribution is 7.31. The lowest BCUT2D eigenvalue weighted by molar-refractivity contribution is 0.0876. The maximum absolute atomic E-state index is 14.4. The molecule has 4 nitrogen and oxygen atoms in total. The van der Waals surface area contributed by atoms with Crippen molar-refractivity contribution in [3.05, 3.63) is 173 Å². The zero-order valence-corrected chi connectivity index (χ0v) is 75.0. The molecule has 0 saturated heterocycles. The minimum atomic E-state index is -0.794. The summed E-state index contributed by atoms with van der Waals surface area (Å²) in [5.41, 5.74) is 10.4. The second kappa shape index (κ2) is 41.5. The summed E-state index contributed by atoms with van der Waals surface area (Å²) in [6, 6.07) is 39.9. The Hall–Kier alpha value is -5.54. The summed E-state index contributed by atoms with van der Waals surface area (Å²) < 4.78 is 2.76. The van der Waals surface area contributed by atoms with Gasteiger partial charge in [-0.2, -0.15) is 0 Å². The second-order valence-electron chi connectivity index (χ2n) is 32.7. The van der Waals surface area contributed by atoms with Gasteiger partial charge >= 0.3 is 0 Å². The standard InChI is InChI=1S/C100H122O4S8/c1-9-17-25-31-43-65(41-23-15-7)57-71-53-55-79(105-71)87-77-63-85(97-69(47-35-29-21-13-5)61-83(109-97)95-67(45-33-27-19-11-3)59-81(107-95)89-91(101)73-49-37-38-50-74(73)92(89)102)112-100(77)88(80-56-54-72(106-80)58-66(42-24-16-8)44-32-26-18-10-2)78-64-86(111-99(78)87)98-70(48-36-30-22-14-6)62-84(110-98)96-68(46-34-28-20-12-4)60-82(108-96)90-93(103)75-51-39-40-52-76(75)94(90)104/h37-40,49-56,59-66,89-90H,9-36,41-48,57-58H2,1-8H3. The van der Waals surface area contributed by atoms with Crippen LogP contribution in [0.25, 0.3) is 80.1 Å². The molecule has 0 bridgehead atoms. The molecule has 0 fully saturated rings. The molecule has 2 aliphatic carbocycles. The number of hydrogen-bond acceptors (Lipinski definition) is 12. The third kappa shape index (κ3) is 19.7. The first-order valence-corrected chi connectivity index (χ1v) is 50.5. The fourth-order valence-corrected chi connectivity index (χ4v) is 28.3. The maximum atomic E-state index is 14.4. The number of hydrogen-bond donors (Lipinski definition) is 0. The number of carbonyl (C=O) groups is 4. The quantitative estimate of drug-likeness (QED) is 0.0281. The molecule has 2 unspecified atom stereocenters. The van der Waals surface area contributed by atoms with E-state index < -0.39 is 11.8 Å². The predicted molar refractivity (Wildman–Crippen MR) is 495 cm³/mol. The van der Waals surface area contributed by atoms with E-state index in [4.69, 9.17) is 0 Å². The average molecular weight is 1640 g/mol. The van der Waals surface area contributed by atoms with Crippen LogP contribution in [0.15, 0.2) is 109 Å². The second-order valence-corrected chi connectivity index (χ2v) is 41.4. The fourth-order valence-electron chi connectivity index (χ4n) is 17.7. The van der Waals surface area contributed by atoms with E-state index in [0.717, 1.165) is 99.6 Å². The minimum Gasteiger partial charge on any atom is -0.293 e. The van der Waals surface area contributed by atoms with Gasteiger partial charge in [0.15, 0.2) is 23.1 Å². The van der Waals surface area contributed by atoms with Crippen molar-refractivity contribution in [3.63, 3.8) is 0 Å². The summed E-state index contributed by atoms with van der Waals surface area (Å²) >= 11 is 15.6. The zero-order valence-electron chi connectivity index (χ0n) is 68.5. The fraction of sp³-hybridized carbons (Fsp3) is 0.500. The van der Waals surface area contributed by atoms with Crippen molar-refractivity contribution in [3.8, 4) is 59.9 Å². The third-order valence-electron chi connectivity index (χ3n) is 24.0. The van der Waals surface area contributed by atoms with E-state index in [1.54, 1.807) is 22.7 Å². The van der Waals surface area contributed by atoms with Crippen LogP contribution in [-0.2, 0) is 38.5 Å². The first kappa shape index (κ1) is 84.4. The predicted octanol–water partition coefficient (Wildman–Crippen LogP) is 33.9. The van der Waals surface area contributed by atoms with Crippen molar-refractivity contribution in [2.75, 3.05) is 0 Å². The molecule has 112 heavy (non-hydrogen) atoms. The van der Waals surface area contributed by atoms with Crippen LogP contribution in [0.5, 0.6) is 0 Å². The largest absolute Gasteiger partial charge is 0.293 e. The Balaban J connectivity index is 1.02. The van der Waals surface area contributed by atoms with Gasteiger partial charge in [-0.25, -0.2) is 0 Å². The Morgan fingerprint density at radius 1 is 0.277 bits per heavy atom. The Morgan fingerprint density at radius 3 is 0.902 bits per heavy atom. The number of benzene rings is 3. The first-order valence-electron chi connectivity index (χ1n) is 44.0. The molecule has 8 aromatic heterocycles. The molecular weight excluding hydrogens is 1520 g/mol. The molecule has 8 heterocycles.